The van der Waals surface area contributed by atoms with E-state index in [0.717, 1.165) is 57.5 Å². The van der Waals surface area contributed by atoms with Gasteiger partial charge >= 0.3 is 0 Å². The van der Waals surface area contributed by atoms with Crippen LogP contribution in [-0.4, -0.2) is 52.6 Å². The fourth-order valence-corrected chi connectivity index (χ4v) is 2.03. The van der Waals surface area contributed by atoms with E-state index in [1.54, 1.807) is 6.33 Å². The summed E-state index contributed by atoms with van der Waals surface area (Å²) >= 11 is 0. The molecule has 7 nitrogen and oxygen atoms in total. The first-order chi connectivity index (χ1) is 11.0. The number of rotatable bonds is 9. The zero-order chi connectivity index (χ0) is 17.1. The van der Waals surface area contributed by atoms with Crippen molar-refractivity contribution in [1.29, 1.82) is 0 Å². The minimum Gasteiger partial charge on any atom is -0.382 e. The van der Waals surface area contributed by atoms with Crippen LogP contribution in [0.25, 0.3) is 0 Å². The number of aliphatic imine (C=N–C) groups is 1. The van der Waals surface area contributed by atoms with Crippen LogP contribution in [0.5, 0.6) is 0 Å². The fraction of sp³-hybridized carbons (Fsp3) is 0.812. The van der Waals surface area contributed by atoms with Crippen molar-refractivity contribution in [2.75, 3.05) is 26.3 Å². The molecule has 0 bridgehead atoms. The fourth-order valence-electron chi connectivity index (χ4n) is 2.03. The Labute approximate surface area is 139 Å². The molecular formula is C16H32N6O. The van der Waals surface area contributed by atoms with Crippen molar-refractivity contribution >= 4 is 5.96 Å². The van der Waals surface area contributed by atoms with Gasteiger partial charge in [0.2, 0.25) is 0 Å². The number of nitrogens with one attached hydrogen (secondary N) is 2. The van der Waals surface area contributed by atoms with Crippen LogP contribution < -0.4 is 10.6 Å². The highest BCUT2D eigenvalue weighted by Gasteiger charge is 2.12. The van der Waals surface area contributed by atoms with Gasteiger partial charge in [0.1, 0.15) is 12.2 Å². The molecule has 0 spiro atoms. The van der Waals surface area contributed by atoms with Crippen molar-refractivity contribution in [3.63, 3.8) is 0 Å². The molecule has 1 rings (SSSR count). The molecule has 0 saturated carbocycles. The molecule has 0 radical (unpaired) electrons. The third-order valence-corrected chi connectivity index (χ3v) is 3.07. The molecule has 2 N–H and O–H groups in total. The van der Waals surface area contributed by atoms with Gasteiger partial charge in [-0.2, -0.15) is 0 Å². The Bertz CT molecular complexity index is 463. The molecule has 0 unspecified atom stereocenters. The van der Waals surface area contributed by atoms with Gasteiger partial charge in [-0.1, -0.05) is 6.92 Å². The topological polar surface area (TPSA) is 76.4 Å². The maximum atomic E-state index is 5.34. The minimum absolute atomic E-state index is 0.0309. The third-order valence-electron chi connectivity index (χ3n) is 3.07. The second-order valence-corrected chi connectivity index (χ2v) is 6.38. The van der Waals surface area contributed by atoms with Crippen LogP contribution in [0.2, 0.25) is 0 Å². The Hall–Kier alpha value is -1.63. The monoisotopic (exact) mass is 324 g/mol. The van der Waals surface area contributed by atoms with Crippen molar-refractivity contribution in [3.05, 3.63) is 12.2 Å². The largest absolute Gasteiger partial charge is 0.382 e. The van der Waals surface area contributed by atoms with E-state index < -0.39 is 0 Å². The van der Waals surface area contributed by atoms with Gasteiger partial charge in [-0.15, -0.1) is 10.2 Å². The lowest BCUT2D eigenvalue weighted by Gasteiger charge is -2.24. The zero-order valence-corrected chi connectivity index (χ0v) is 15.2. The molecule has 7 heteroatoms. The van der Waals surface area contributed by atoms with Crippen molar-refractivity contribution in [1.82, 2.24) is 25.4 Å². The van der Waals surface area contributed by atoms with E-state index >= 15 is 0 Å². The SMILES string of the molecule is CCOCCCN=C(NCCn1cnnc1CC)NC(C)(C)C. The predicted molar refractivity (Wildman–Crippen MR) is 93.7 cm³/mol. The van der Waals surface area contributed by atoms with E-state index in [2.05, 4.69) is 58.1 Å². The number of guanidine groups is 1. The maximum absolute atomic E-state index is 5.34. The molecule has 1 heterocycles. The van der Waals surface area contributed by atoms with E-state index in [-0.39, 0.29) is 5.54 Å². The Morgan fingerprint density at radius 1 is 1.35 bits per heavy atom. The maximum Gasteiger partial charge on any atom is 0.191 e. The lowest BCUT2D eigenvalue weighted by Crippen LogP contribution is -2.48. The molecule has 1 aromatic rings. The molecule has 1 aromatic heterocycles. The van der Waals surface area contributed by atoms with Gasteiger partial charge in [-0.05, 0) is 34.1 Å². The van der Waals surface area contributed by atoms with Crippen LogP contribution in [0.1, 0.15) is 46.9 Å². The van der Waals surface area contributed by atoms with Gasteiger partial charge in [0.05, 0.1) is 0 Å². The number of nitrogens with zero attached hydrogens (tertiary/aromatic N) is 4. The molecule has 0 atom stereocenters. The highest BCUT2D eigenvalue weighted by atomic mass is 16.5. The van der Waals surface area contributed by atoms with Crippen LogP contribution in [-0.2, 0) is 17.7 Å². The second kappa shape index (κ2) is 10.2. The van der Waals surface area contributed by atoms with E-state index in [4.69, 9.17) is 4.74 Å². The van der Waals surface area contributed by atoms with Crippen molar-refractivity contribution in [2.45, 2.75) is 59.5 Å². The number of hydrogen-bond acceptors (Lipinski definition) is 4. The summed E-state index contributed by atoms with van der Waals surface area (Å²) in [5, 5.41) is 14.8. The first-order valence-corrected chi connectivity index (χ1v) is 8.47. The predicted octanol–water partition coefficient (Wildman–Crippen LogP) is 1.60. The first kappa shape index (κ1) is 19.4. The summed E-state index contributed by atoms with van der Waals surface area (Å²) in [4.78, 5) is 4.62. The highest BCUT2D eigenvalue weighted by molar-refractivity contribution is 5.80. The summed E-state index contributed by atoms with van der Waals surface area (Å²) in [7, 11) is 0. The molecule has 0 aliphatic rings. The van der Waals surface area contributed by atoms with Crippen molar-refractivity contribution in [3.8, 4) is 0 Å². The van der Waals surface area contributed by atoms with E-state index in [1.165, 1.54) is 0 Å². The highest BCUT2D eigenvalue weighted by Crippen LogP contribution is 1.99. The Balaban J connectivity index is 2.47. The van der Waals surface area contributed by atoms with Gasteiger partial charge in [0.25, 0.3) is 0 Å². The summed E-state index contributed by atoms with van der Waals surface area (Å²) in [5.74, 6) is 1.84. The molecule has 0 amide bonds. The summed E-state index contributed by atoms with van der Waals surface area (Å²) in [6.07, 6.45) is 3.59. The summed E-state index contributed by atoms with van der Waals surface area (Å²) in [6, 6.07) is 0. The van der Waals surface area contributed by atoms with Gasteiger partial charge in [0, 0.05) is 44.8 Å². The lowest BCUT2D eigenvalue weighted by molar-refractivity contribution is 0.146. The van der Waals surface area contributed by atoms with Gasteiger partial charge < -0.3 is 19.9 Å². The van der Waals surface area contributed by atoms with Crippen LogP contribution in [0.15, 0.2) is 11.3 Å². The number of hydrogen-bond donors (Lipinski definition) is 2. The summed E-state index contributed by atoms with van der Waals surface area (Å²) < 4.78 is 7.41. The normalized spacial score (nSPS) is 12.5. The minimum atomic E-state index is -0.0309. The molecule has 0 fully saturated rings. The molecular weight excluding hydrogens is 292 g/mol. The Morgan fingerprint density at radius 3 is 2.78 bits per heavy atom. The molecule has 23 heavy (non-hydrogen) atoms. The van der Waals surface area contributed by atoms with E-state index in [9.17, 15) is 0 Å². The molecule has 0 aromatic carbocycles. The third kappa shape index (κ3) is 8.54. The van der Waals surface area contributed by atoms with Gasteiger partial charge in [-0.3, -0.25) is 4.99 Å². The average Bonchev–Trinajstić information content (AvgIpc) is 2.92. The average molecular weight is 324 g/mol. The lowest BCUT2D eigenvalue weighted by atomic mass is 10.1. The standard InChI is InChI=1S/C16H32N6O/c1-6-14-21-19-13-22(14)11-10-18-15(20-16(3,4)5)17-9-8-12-23-7-2/h13H,6-12H2,1-5H3,(H2,17,18,20). The van der Waals surface area contributed by atoms with E-state index in [0.29, 0.717) is 0 Å². The Morgan fingerprint density at radius 2 is 2.13 bits per heavy atom. The molecule has 0 aliphatic heterocycles. The Kier molecular flexibility index (Phi) is 8.61. The number of aromatic nitrogens is 3. The quantitative estimate of drug-likeness (QED) is 0.410. The van der Waals surface area contributed by atoms with Crippen molar-refractivity contribution < 1.29 is 4.74 Å². The second-order valence-electron chi connectivity index (χ2n) is 6.38. The zero-order valence-electron chi connectivity index (χ0n) is 15.2. The number of ether oxygens (including phenoxy) is 1. The van der Waals surface area contributed by atoms with Gasteiger partial charge in [-0.25, -0.2) is 0 Å². The number of aryl methyl sites for hydroxylation is 1. The van der Waals surface area contributed by atoms with Crippen LogP contribution in [0, 0.1) is 0 Å². The van der Waals surface area contributed by atoms with Crippen LogP contribution in [0.3, 0.4) is 0 Å². The summed E-state index contributed by atoms with van der Waals surface area (Å²) in [6.45, 7) is 14.3. The molecule has 132 valence electrons. The van der Waals surface area contributed by atoms with Crippen LogP contribution in [0.4, 0.5) is 0 Å². The summed E-state index contributed by atoms with van der Waals surface area (Å²) in [5.41, 5.74) is -0.0309. The van der Waals surface area contributed by atoms with Gasteiger partial charge in [0.15, 0.2) is 5.96 Å². The van der Waals surface area contributed by atoms with Crippen LogP contribution >= 0.6 is 0 Å². The molecule has 0 saturated heterocycles. The van der Waals surface area contributed by atoms with Crippen molar-refractivity contribution in [2.24, 2.45) is 4.99 Å². The smallest absolute Gasteiger partial charge is 0.191 e. The first-order valence-electron chi connectivity index (χ1n) is 8.47. The van der Waals surface area contributed by atoms with E-state index in [1.807, 2.05) is 6.92 Å². The molecule has 0 aliphatic carbocycles.